The first-order chi connectivity index (χ1) is 7.69. The fraction of sp³-hybridized carbons (Fsp3) is 0.333. The molecule has 0 aliphatic carbocycles. The molecule has 1 rings (SSSR count). The SMILES string of the molecule is CC(=O)N(C#N)c1cccc(CCC[O])c1. The van der Waals surface area contributed by atoms with Gasteiger partial charge in [-0.3, -0.25) is 4.79 Å². The number of carbonyl (C=O) groups is 1. The topological polar surface area (TPSA) is 64.0 Å². The lowest BCUT2D eigenvalue weighted by atomic mass is 10.1. The number of nitrogens with zero attached hydrogens (tertiary/aromatic N) is 2. The minimum Gasteiger partial charge on any atom is -0.274 e. The molecule has 0 N–H and O–H groups in total. The minimum atomic E-state index is -0.316. The van der Waals surface area contributed by atoms with Crippen molar-refractivity contribution in [1.29, 1.82) is 5.26 Å². The zero-order valence-electron chi connectivity index (χ0n) is 9.14. The number of hydrogen-bond donors (Lipinski definition) is 0. The second-order valence-electron chi connectivity index (χ2n) is 3.43. The highest BCUT2D eigenvalue weighted by atomic mass is 16.2. The van der Waals surface area contributed by atoms with E-state index in [0.717, 1.165) is 10.5 Å². The summed E-state index contributed by atoms with van der Waals surface area (Å²) < 4.78 is 0. The number of hydrogen-bond acceptors (Lipinski definition) is 2. The van der Waals surface area contributed by atoms with E-state index in [1.807, 2.05) is 12.3 Å². The molecular weight excluding hydrogens is 204 g/mol. The zero-order valence-corrected chi connectivity index (χ0v) is 9.14. The Kier molecular flexibility index (Phi) is 4.49. The van der Waals surface area contributed by atoms with E-state index in [4.69, 9.17) is 5.26 Å². The van der Waals surface area contributed by atoms with Gasteiger partial charge in [-0.05, 0) is 30.5 Å². The summed E-state index contributed by atoms with van der Waals surface area (Å²) in [6.07, 6.45) is 3.06. The maximum atomic E-state index is 11.2. The predicted molar refractivity (Wildman–Crippen MR) is 59.1 cm³/mol. The lowest BCUT2D eigenvalue weighted by Crippen LogP contribution is -2.22. The zero-order chi connectivity index (χ0) is 12.0. The van der Waals surface area contributed by atoms with Gasteiger partial charge in [0, 0.05) is 6.92 Å². The summed E-state index contributed by atoms with van der Waals surface area (Å²) in [7, 11) is 0. The molecule has 0 fully saturated rings. The van der Waals surface area contributed by atoms with E-state index in [9.17, 15) is 9.90 Å². The van der Waals surface area contributed by atoms with E-state index in [2.05, 4.69) is 0 Å². The van der Waals surface area contributed by atoms with Crippen molar-refractivity contribution in [2.75, 3.05) is 11.5 Å². The van der Waals surface area contributed by atoms with Crippen molar-refractivity contribution < 1.29 is 9.90 Å². The normalized spacial score (nSPS) is 9.56. The van der Waals surface area contributed by atoms with Crippen molar-refractivity contribution in [3.8, 4) is 6.19 Å². The molecule has 16 heavy (non-hydrogen) atoms. The molecule has 1 amide bonds. The molecule has 0 heterocycles. The quantitative estimate of drug-likeness (QED) is 0.571. The molecule has 0 aliphatic rings. The molecule has 1 aromatic carbocycles. The van der Waals surface area contributed by atoms with Crippen LogP contribution in [0.25, 0.3) is 0 Å². The maximum Gasteiger partial charge on any atom is 0.237 e. The number of amides is 1. The first kappa shape index (κ1) is 12.2. The van der Waals surface area contributed by atoms with Crippen LogP contribution < -0.4 is 4.90 Å². The molecule has 0 aliphatic heterocycles. The van der Waals surface area contributed by atoms with Gasteiger partial charge >= 0.3 is 0 Å². The molecule has 0 bridgehead atoms. The Labute approximate surface area is 94.7 Å². The summed E-state index contributed by atoms with van der Waals surface area (Å²) in [6.45, 7) is 1.23. The number of rotatable bonds is 4. The van der Waals surface area contributed by atoms with Crippen LogP contribution in [-0.2, 0) is 16.3 Å². The summed E-state index contributed by atoms with van der Waals surface area (Å²) >= 11 is 0. The molecule has 83 valence electrons. The van der Waals surface area contributed by atoms with Crippen LogP contribution in [0.5, 0.6) is 0 Å². The highest BCUT2D eigenvalue weighted by Gasteiger charge is 2.10. The molecule has 4 heteroatoms. The first-order valence-corrected chi connectivity index (χ1v) is 5.06. The molecular formula is C12H13N2O2. The van der Waals surface area contributed by atoms with Crippen LogP contribution in [-0.4, -0.2) is 12.5 Å². The number of benzene rings is 1. The van der Waals surface area contributed by atoms with E-state index >= 15 is 0 Å². The van der Waals surface area contributed by atoms with Crippen molar-refractivity contribution in [2.24, 2.45) is 0 Å². The number of nitriles is 1. The summed E-state index contributed by atoms with van der Waals surface area (Å²) in [5.74, 6) is -0.316. The molecule has 0 spiro atoms. The smallest absolute Gasteiger partial charge is 0.237 e. The van der Waals surface area contributed by atoms with Gasteiger partial charge in [-0.2, -0.15) is 5.26 Å². The van der Waals surface area contributed by atoms with Crippen molar-refractivity contribution in [3.05, 3.63) is 29.8 Å². The Morgan fingerprint density at radius 3 is 2.81 bits per heavy atom. The average molecular weight is 217 g/mol. The summed E-state index contributed by atoms with van der Waals surface area (Å²) in [5, 5.41) is 19.2. The Morgan fingerprint density at radius 1 is 1.50 bits per heavy atom. The summed E-state index contributed by atoms with van der Waals surface area (Å²) in [5.41, 5.74) is 1.52. The van der Waals surface area contributed by atoms with Gasteiger partial charge in [-0.25, -0.2) is 10.0 Å². The Balaban J connectivity index is 2.89. The molecule has 0 atom stereocenters. The maximum absolute atomic E-state index is 11.2. The van der Waals surface area contributed by atoms with Crippen LogP contribution in [0, 0.1) is 11.5 Å². The Bertz CT molecular complexity index is 410. The van der Waals surface area contributed by atoms with Gasteiger partial charge in [0.1, 0.15) is 0 Å². The van der Waals surface area contributed by atoms with Crippen LogP contribution in [0.2, 0.25) is 0 Å². The number of anilines is 1. The molecule has 4 nitrogen and oxygen atoms in total. The summed E-state index contributed by atoms with van der Waals surface area (Å²) in [6, 6.07) is 7.13. The van der Waals surface area contributed by atoms with Crippen LogP contribution in [0.15, 0.2) is 24.3 Å². The Morgan fingerprint density at radius 2 is 2.25 bits per heavy atom. The number of aryl methyl sites for hydroxylation is 1. The fourth-order valence-electron chi connectivity index (χ4n) is 1.44. The van der Waals surface area contributed by atoms with Gasteiger partial charge in [-0.15, -0.1) is 0 Å². The summed E-state index contributed by atoms with van der Waals surface area (Å²) in [4.78, 5) is 12.2. The lowest BCUT2D eigenvalue weighted by Gasteiger charge is -2.12. The van der Waals surface area contributed by atoms with Gasteiger partial charge < -0.3 is 0 Å². The third kappa shape index (κ3) is 3.07. The van der Waals surface area contributed by atoms with Gasteiger partial charge in [0.2, 0.25) is 5.91 Å². The van der Waals surface area contributed by atoms with Crippen LogP contribution in [0.3, 0.4) is 0 Å². The monoisotopic (exact) mass is 217 g/mol. The third-order valence-corrected chi connectivity index (χ3v) is 2.19. The molecule has 1 radical (unpaired) electrons. The van der Waals surface area contributed by atoms with Crippen LogP contribution in [0.1, 0.15) is 18.9 Å². The molecule has 0 saturated carbocycles. The van der Waals surface area contributed by atoms with E-state index in [-0.39, 0.29) is 12.5 Å². The molecule has 1 aromatic rings. The molecule has 0 saturated heterocycles. The van der Waals surface area contributed by atoms with E-state index in [0.29, 0.717) is 18.5 Å². The predicted octanol–water partition coefficient (Wildman–Crippen LogP) is 1.88. The van der Waals surface area contributed by atoms with Crippen molar-refractivity contribution in [2.45, 2.75) is 19.8 Å². The largest absolute Gasteiger partial charge is 0.274 e. The second kappa shape index (κ2) is 5.89. The second-order valence-corrected chi connectivity index (χ2v) is 3.43. The molecule has 0 unspecified atom stereocenters. The highest BCUT2D eigenvalue weighted by molar-refractivity contribution is 5.94. The van der Waals surface area contributed by atoms with Gasteiger partial charge in [0.05, 0.1) is 12.3 Å². The van der Waals surface area contributed by atoms with Gasteiger partial charge in [0.15, 0.2) is 6.19 Å². The van der Waals surface area contributed by atoms with Crippen molar-refractivity contribution in [3.63, 3.8) is 0 Å². The minimum absolute atomic E-state index is 0.112. The van der Waals surface area contributed by atoms with E-state index in [1.165, 1.54) is 6.92 Å². The molecule has 0 aromatic heterocycles. The van der Waals surface area contributed by atoms with Crippen molar-refractivity contribution in [1.82, 2.24) is 0 Å². The Hall–Kier alpha value is -1.86. The van der Waals surface area contributed by atoms with Crippen molar-refractivity contribution >= 4 is 11.6 Å². The lowest BCUT2D eigenvalue weighted by molar-refractivity contribution is -0.115. The standard InChI is InChI=1S/C12H13N2O2/c1-10(16)14(9-13)12-6-2-4-11(8-12)5-3-7-15/h2,4,6,8H,3,5,7H2,1H3. The fourth-order valence-corrected chi connectivity index (χ4v) is 1.44. The number of carbonyl (C=O) groups excluding carboxylic acids is 1. The highest BCUT2D eigenvalue weighted by Crippen LogP contribution is 2.16. The van der Waals surface area contributed by atoms with Crippen LogP contribution in [0.4, 0.5) is 5.69 Å². The van der Waals surface area contributed by atoms with Gasteiger partial charge in [-0.1, -0.05) is 12.1 Å². The van der Waals surface area contributed by atoms with Crippen LogP contribution >= 0.6 is 0 Å². The third-order valence-electron chi connectivity index (χ3n) is 2.19. The first-order valence-electron chi connectivity index (χ1n) is 5.06. The average Bonchev–Trinajstić information content (AvgIpc) is 2.27. The van der Waals surface area contributed by atoms with E-state index < -0.39 is 0 Å². The van der Waals surface area contributed by atoms with E-state index in [1.54, 1.807) is 18.2 Å². The van der Waals surface area contributed by atoms with Gasteiger partial charge in [0.25, 0.3) is 0 Å².